The van der Waals surface area contributed by atoms with Gasteiger partial charge in [-0.2, -0.15) is 0 Å². The van der Waals surface area contributed by atoms with Gasteiger partial charge in [-0.3, -0.25) is 10.1 Å². The van der Waals surface area contributed by atoms with E-state index in [0.29, 0.717) is 23.1 Å². The minimum atomic E-state index is -0.332. The van der Waals surface area contributed by atoms with Gasteiger partial charge in [-0.05, 0) is 51.0 Å². The van der Waals surface area contributed by atoms with Crippen LogP contribution in [-0.4, -0.2) is 17.5 Å². The number of aryl methyl sites for hydroxylation is 3. The molecule has 0 spiro atoms. The Labute approximate surface area is 173 Å². The zero-order chi connectivity index (χ0) is 20.5. The van der Waals surface area contributed by atoms with Crippen LogP contribution in [0, 0.1) is 20.8 Å². The molecule has 1 N–H and O–H groups in total. The molecule has 0 aliphatic carbocycles. The second kappa shape index (κ2) is 7.72. The monoisotopic (exact) mass is 406 g/mol. The zero-order valence-corrected chi connectivity index (χ0v) is 17.6. The molecule has 2 heterocycles. The van der Waals surface area contributed by atoms with Crippen molar-refractivity contribution in [1.82, 2.24) is 4.98 Å². The van der Waals surface area contributed by atoms with Crippen LogP contribution in [0.15, 0.2) is 46.2 Å². The van der Waals surface area contributed by atoms with Crippen molar-refractivity contribution in [3.8, 4) is 17.0 Å². The maximum Gasteiger partial charge on any atom is 0.293 e. The van der Waals surface area contributed by atoms with Gasteiger partial charge in [0.25, 0.3) is 5.91 Å². The molecule has 29 heavy (non-hydrogen) atoms. The molecule has 6 heteroatoms. The molecule has 2 aromatic heterocycles. The first-order valence-corrected chi connectivity index (χ1v) is 10.3. The number of furan rings is 1. The lowest BCUT2D eigenvalue weighted by atomic mass is 9.98. The summed E-state index contributed by atoms with van der Waals surface area (Å²) >= 11 is 1.40. The van der Waals surface area contributed by atoms with E-state index in [1.807, 2.05) is 30.5 Å². The second-order valence-corrected chi connectivity index (χ2v) is 7.84. The third-order valence-corrected chi connectivity index (χ3v) is 5.45. The van der Waals surface area contributed by atoms with Crippen molar-refractivity contribution < 1.29 is 13.9 Å². The number of nitrogens with one attached hydrogen (secondary N) is 1. The van der Waals surface area contributed by atoms with Crippen molar-refractivity contribution in [2.24, 2.45) is 0 Å². The predicted molar refractivity (Wildman–Crippen MR) is 117 cm³/mol. The summed E-state index contributed by atoms with van der Waals surface area (Å²) in [5, 5.41) is 6.17. The molecular formula is C23H22N2O3S. The number of carbonyl (C=O) groups excluding carboxylic acids is 1. The highest BCUT2D eigenvalue weighted by Crippen LogP contribution is 2.32. The Morgan fingerprint density at radius 1 is 1.17 bits per heavy atom. The van der Waals surface area contributed by atoms with Crippen molar-refractivity contribution >= 4 is 33.3 Å². The fraction of sp³-hybridized carbons (Fsp3) is 0.217. The molecule has 0 saturated heterocycles. The summed E-state index contributed by atoms with van der Waals surface area (Å²) in [7, 11) is 0. The number of benzene rings is 2. The summed E-state index contributed by atoms with van der Waals surface area (Å²) in [6.45, 7) is 8.68. The molecule has 148 valence electrons. The summed E-state index contributed by atoms with van der Waals surface area (Å²) in [5.41, 5.74) is 6.12. The summed E-state index contributed by atoms with van der Waals surface area (Å²) in [4.78, 5) is 17.3. The van der Waals surface area contributed by atoms with Crippen molar-refractivity contribution in [2.45, 2.75) is 27.7 Å². The van der Waals surface area contributed by atoms with Gasteiger partial charge in [0, 0.05) is 16.3 Å². The number of fused-ring (bicyclic) bond motifs is 1. The number of nitrogens with zero attached hydrogens (tertiary/aromatic N) is 1. The number of anilines is 1. The number of carbonyl (C=O) groups is 1. The lowest BCUT2D eigenvalue weighted by Gasteiger charge is -2.08. The van der Waals surface area contributed by atoms with Gasteiger partial charge in [0.15, 0.2) is 22.2 Å². The van der Waals surface area contributed by atoms with Crippen LogP contribution in [0.3, 0.4) is 0 Å². The maximum atomic E-state index is 12.7. The first kappa shape index (κ1) is 19.2. The number of amides is 1. The number of aromatic nitrogens is 1. The molecule has 5 nitrogen and oxygen atoms in total. The Morgan fingerprint density at radius 3 is 2.66 bits per heavy atom. The normalized spacial score (nSPS) is 11.0. The van der Waals surface area contributed by atoms with Gasteiger partial charge in [0.05, 0.1) is 12.3 Å². The van der Waals surface area contributed by atoms with Gasteiger partial charge in [0.1, 0.15) is 0 Å². The molecule has 0 fully saturated rings. The van der Waals surface area contributed by atoms with Gasteiger partial charge < -0.3 is 9.15 Å². The highest BCUT2D eigenvalue weighted by Gasteiger charge is 2.17. The van der Waals surface area contributed by atoms with Crippen LogP contribution >= 0.6 is 11.3 Å². The van der Waals surface area contributed by atoms with E-state index in [-0.39, 0.29) is 11.7 Å². The molecule has 0 atom stereocenters. The van der Waals surface area contributed by atoms with Gasteiger partial charge in [-0.15, -0.1) is 11.3 Å². The lowest BCUT2D eigenvalue weighted by Crippen LogP contribution is -2.10. The molecule has 0 bridgehead atoms. The number of ether oxygens (including phenoxy) is 1. The van der Waals surface area contributed by atoms with Gasteiger partial charge in [-0.1, -0.05) is 29.8 Å². The molecule has 0 unspecified atom stereocenters. The third kappa shape index (κ3) is 3.76. The average molecular weight is 407 g/mol. The van der Waals surface area contributed by atoms with E-state index in [2.05, 4.69) is 43.2 Å². The highest BCUT2D eigenvalue weighted by atomic mass is 32.1. The lowest BCUT2D eigenvalue weighted by molar-refractivity contribution is 0.0998. The number of rotatable bonds is 5. The predicted octanol–water partition coefficient (Wildman–Crippen LogP) is 6.13. The van der Waals surface area contributed by atoms with E-state index in [9.17, 15) is 4.79 Å². The van der Waals surface area contributed by atoms with E-state index in [0.717, 1.165) is 16.6 Å². The summed E-state index contributed by atoms with van der Waals surface area (Å²) in [6, 6.07) is 11.6. The Kier molecular flexibility index (Phi) is 5.11. The van der Waals surface area contributed by atoms with Crippen molar-refractivity contribution in [3.63, 3.8) is 0 Å². The second-order valence-electron chi connectivity index (χ2n) is 6.98. The zero-order valence-electron chi connectivity index (χ0n) is 16.8. The summed E-state index contributed by atoms with van der Waals surface area (Å²) < 4.78 is 11.3. The summed E-state index contributed by atoms with van der Waals surface area (Å²) in [5.74, 6) is 0.527. The van der Waals surface area contributed by atoms with Crippen molar-refractivity contribution in [2.75, 3.05) is 11.9 Å². The minimum Gasteiger partial charge on any atom is -0.490 e. The van der Waals surface area contributed by atoms with E-state index >= 15 is 0 Å². The fourth-order valence-electron chi connectivity index (χ4n) is 3.61. The Morgan fingerprint density at radius 2 is 1.93 bits per heavy atom. The average Bonchev–Trinajstić information content (AvgIpc) is 3.29. The Balaban J connectivity index is 1.59. The molecule has 4 aromatic rings. The van der Waals surface area contributed by atoms with Gasteiger partial charge in [-0.25, -0.2) is 4.98 Å². The number of thiazole rings is 1. The fourth-order valence-corrected chi connectivity index (χ4v) is 4.30. The van der Waals surface area contributed by atoms with Gasteiger partial charge >= 0.3 is 0 Å². The quantitative estimate of drug-likeness (QED) is 0.433. The van der Waals surface area contributed by atoms with E-state index in [4.69, 9.17) is 9.15 Å². The number of hydrogen-bond acceptors (Lipinski definition) is 5. The van der Waals surface area contributed by atoms with E-state index in [1.54, 1.807) is 6.07 Å². The summed E-state index contributed by atoms with van der Waals surface area (Å²) in [6.07, 6.45) is 0. The molecule has 1 amide bonds. The van der Waals surface area contributed by atoms with Crippen LogP contribution in [0.5, 0.6) is 5.75 Å². The van der Waals surface area contributed by atoms with Crippen LogP contribution in [0.4, 0.5) is 5.13 Å². The van der Waals surface area contributed by atoms with Crippen LogP contribution in [0.25, 0.3) is 22.2 Å². The SMILES string of the molecule is CCOc1cccc2cc(C(=O)Nc3nc(-c4c(C)cc(C)cc4C)cs3)oc12. The third-order valence-electron chi connectivity index (χ3n) is 4.69. The molecule has 4 rings (SSSR count). The number of para-hydroxylation sites is 1. The largest absolute Gasteiger partial charge is 0.490 e. The van der Waals surface area contributed by atoms with Gasteiger partial charge in [0.2, 0.25) is 0 Å². The van der Waals surface area contributed by atoms with E-state index in [1.165, 1.54) is 28.0 Å². The molecule has 2 aromatic carbocycles. The Bertz CT molecular complexity index is 1180. The van der Waals surface area contributed by atoms with E-state index < -0.39 is 0 Å². The molecule has 0 aliphatic rings. The maximum absolute atomic E-state index is 12.7. The van der Waals surface area contributed by atoms with Crippen LogP contribution in [0.2, 0.25) is 0 Å². The number of hydrogen-bond donors (Lipinski definition) is 1. The standard InChI is InChI=1S/C23H22N2O3S/c1-5-27-18-8-6-7-16-11-19(28-21(16)18)22(26)25-23-24-17(12-29-23)20-14(3)9-13(2)10-15(20)4/h6-12H,5H2,1-4H3,(H,24,25,26). The molecule has 0 saturated carbocycles. The molecule has 0 radical (unpaired) electrons. The first-order chi connectivity index (χ1) is 14.0. The molecule has 0 aliphatic heterocycles. The topological polar surface area (TPSA) is 64.4 Å². The Hall–Kier alpha value is -3.12. The van der Waals surface area contributed by atoms with Crippen molar-refractivity contribution in [3.05, 3.63) is 64.2 Å². The van der Waals surface area contributed by atoms with Crippen LogP contribution in [0.1, 0.15) is 34.2 Å². The van der Waals surface area contributed by atoms with Crippen molar-refractivity contribution in [1.29, 1.82) is 0 Å². The highest BCUT2D eigenvalue weighted by molar-refractivity contribution is 7.14. The van der Waals surface area contributed by atoms with Crippen LogP contribution < -0.4 is 10.1 Å². The van der Waals surface area contributed by atoms with Crippen LogP contribution in [-0.2, 0) is 0 Å². The molecular weight excluding hydrogens is 384 g/mol. The smallest absolute Gasteiger partial charge is 0.293 e. The minimum absolute atomic E-state index is 0.228. The first-order valence-electron chi connectivity index (χ1n) is 9.46.